The fraction of sp³-hybridized carbons (Fsp3) is 0.222. The molecule has 0 saturated heterocycles. The maximum Gasteiger partial charge on any atom is 0.268 e. The molecule has 134 valence electrons. The van der Waals surface area contributed by atoms with Gasteiger partial charge in [0.05, 0.1) is 12.7 Å². The van der Waals surface area contributed by atoms with Crippen molar-refractivity contribution in [1.29, 1.82) is 0 Å². The van der Waals surface area contributed by atoms with Crippen molar-refractivity contribution in [3.63, 3.8) is 0 Å². The van der Waals surface area contributed by atoms with E-state index in [4.69, 9.17) is 0 Å². The molecule has 0 aliphatic heterocycles. The van der Waals surface area contributed by atoms with Crippen molar-refractivity contribution < 1.29 is 9.18 Å². The molecule has 0 unspecified atom stereocenters. The molecule has 1 amide bonds. The van der Waals surface area contributed by atoms with Gasteiger partial charge in [-0.2, -0.15) is 9.90 Å². The van der Waals surface area contributed by atoms with Crippen molar-refractivity contribution in [3.8, 4) is 5.69 Å². The first-order valence-electron chi connectivity index (χ1n) is 8.19. The topological polar surface area (TPSA) is 81.8 Å². The van der Waals surface area contributed by atoms with Crippen LogP contribution in [0.2, 0.25) is 0 Å². The van der Waals surface area contributed by atoms with Crippen molar-refractivity contribution >= 4 is 11.7 Å². The predicted octanol–water partition coefficient (Wildman–Crippen LogP) is 2.54. The summed E-state index contributed by atoms with van der Waals surface area (Å²) in [6.07, 6.45) is 3.85. The molecule has 26 heavy (non-hydrogen) atoms. The van der Waals surface area contributed by atoms with Crippen LogP contribution >= 0.6 is 0 Å². The van der Waals surface area contributed by atoms with Crippen LogP contribution in [0.1, 0.15) is 29.3 Å². The normalized spacial score (nSPS) is 10.7. The van der Waals surface area contributed by atoms with E-state index in [-0.39, 0.29) is 11.4 Å². The maximum atomic E-state index is 13.1. The monoisotopic (exact) mass is 355 g/mol. The third kappa shape index (κ3) is 3.53. The number of hydrogen-bond donors (Lipinski definition) is 1. The van der Waals surface area contributed by atoms with Gasteiger partial charge in [0.25, 0.3) is 11.5 Å². The van der Waals surface area contributed by atoms with E-state index < -0.39 is 17.3 Å². The number of anilines is 1. The number of halogens is 1. The molecule has 1 N–H and O–H groups in total. The standard InChI is InChI=1S/C18H18FN5O2/c1-3-9-24-20-11-15(22-24)21-17(25)16-12(2)8-10-23(18(16)26)14-6-4-13(19)5-7-14/h4-8,10-11H,3,9H2,1-2H3,(H,21,22,25). The summed E-state index contributed by atoms with van der Waals surface area (Å²) in [5.41, 5.74) is 0.517. The van der Waals surface area contributed by atoms with Crippen LogP contribution in [0.5, 0.6) is 0 Å². The summed E-state index contributed by atoms with van der Waals surface area (Å²) >= 11 is 0. The Bertz CT molecular complexity index is 992. The second-order valence-electron chi connectivity index (χ2n) is 5.81. The van der Waals surface area contributed by atoms with Gasteiger partial charge in [-0.05, 0) is 49.2 Å². The number of hydrogen-bond acceptors (Lipinski definition) is 4. The Balaban J connectivity index is 1.93. The fourth-order valence-electron chi connectivity index (χ4n) is 2.55. The lowest BCUT2D eigenvalue weighted by Gasteiger charge is -2.10. The molecule has 0 saturated carbocycles. The summed E-state index contributed by atoms with van der Waals surface area (Å²) in [6.45, 7) is 4.31. The van der Waals surface area contributed by atoms with Crippen LogP contribution in [0.25, 0.3) is 5.69 Å². The highest BCUT2D eigenvalue weighted by Gasteiger charge is 2.17. The average Bonchev–Trinajstić information content (AvgIpc) is 3.03. The number of amides is 1. The first kappa shape index (κ1) is 17.5. The van der Waals surface area contributed by atoms with Gasteiger partial charge in [-0.3, -0.25) is 14.2 Å². The summed E-state index contributed by atoms with van der Waals surface area (Å²) < 4.78 is 14.4. The van der Waals surface area contributed by atoms with Gasteiger partial charge in [0.2, 0.25) is 0 Å². The van der Waals surface area contributed by atoms with Crippen molar-refractivity contribution in [2.45, 2.75) is 26.8 Å². The van der Waals surface area contributed by atoms with Crippen molar-refractivity contribution in [3.05, 3.63) is 70.0 Å². The Kier molecular flexibility index (Phi) is 4.92. The average molecular weight is 355 g/mol. The molecule has 7 nitrogen and oxygen atoms in total. The number of pyridine rings is 1. The lowest BCUT2D eigenvalue weighted by molar-refractivity contribution is 0.102. The zero-order chi connectivity index (χ0) is 18.7. The van der Waals surface area contributed by atoms with E-state index in [1.54, 1.807) is 19.2 Å². The van der Waals surface area contributed by atoms with E-state index in [0.29, 0.717) is 17.8 Å². The second-order valence-corrected chi connectivity index (χ2v) is 5.81. The third-order valence-corrected chi connectivity index (χ3v) is 3.83. The Morgan fingerprint density at radius 2 is 1.96 bits per heavy atom. The van der Waals surface area contributed by atoms with Crippen LogP contribution in [0.4, 0.5) is 10.2 Å². The fourth-order valence-corrected chi connectivity index (χ4v) is 2.55. The molecule has 0 spiro atoms. The lowest BCUT2D eigenvalue weighted by atomic mass is 10.1. The zero-order valence-electron chi connectivity index (χ0n) is 14.4. The van der Waals surface area contributed by atoms with Crippen LogP contribution in [-0.4, -0.2) is 25.5 Å². The van der Waals surface area contributed by atoms with E-state index >= 15 is 0 Å². The van der Waals surface area contributed by atoms with E-state index in [9.17, 15) is 14.0 Å². The molecule has 3 rings (SSSR count). The summed E-state index contributed by atoms with van der Waals surface area (Å²) in [5.74, 6) is -0.686. The molecule has 1 aromatic carbocycles. The van der Waals surface area contributed by atoms with Gasteiger partial charge in [-0.15, -0.1) is 5.10 Å². The summed E-state index contributed by atoms with van der Waals surface area (Å²) in [4.78, 5) is 26.9. The minimum Gasteiger partial charge on any atom is -0.304 e. The van der Waals surface area contributed by atoms with E-state index in [2.05, 4.69) is 15.5 Å². The molecule has 0 atom stereocenters. The van der Waals surface area contributed by atoms with Crippen molar-refractivity contribution in [1.82, 2.24) is 19.6 Å². The molecule has 0 aliphatic carbocycles. The van der Waals surface area contributed by atoms with Crippen LogP contribution < -0.4 is 10.9 Å². The van der Waals surface area contributed by atoms with Crippen LogP contribution in [0.3, 0.4) is 0 Å². The second kappa shape index (κ2) is 7.30. The van der Waals surface area contributed by atoms with Crippen LogP contribution in [0, 0.1) is 12.7 Å². The first-order valence-corrected chi connectivity index (χ1v) is 8.19. The minimum atomic E-state index is -0.562. The van der Waals surface area contributed by atoms with E-state index in [1.807, 2.05) is 6.92 Å². The Morgan fingerprint density at radius 3 is 2.65 bits per heavy atom. The molecular formula is C18H18FN5O2. The summed E-state index contributed by atoms with van der Waals surface area (Å²) in [6, 6.07) is 7.13. The summed E-state index contributed by atoms with van der Waals surface area (Å²) in [5, 5.41) is 10.8. The SMILES string of the molecule is CCCn1ncc(NC(=O)c2c(C)ccn(-c3ccc(F)cc3)c2=O)n1. The molecule has 0 radical (unpaired) electrons. The molecule has 2 aromatic heterocycles. The van der Waals surface area contributed by atoms with Gasteiger partial charge in [-0.1, -0.05) is 6.92 Å². The molecule has 3 aromatic rings. The lowest BCUT2D eigenvalue weighted by Crippen LogP contribution is -2.29. The number of rotatable bonds is 5. The molecule has 2 heterocycles. The zero-order valence-corrected chi connectivity index (χ0v) is 14.4. The van der Waals surface area contributed by atoms with E-state index in [0.717, 1.165) is 6.42 Å². The predicted molar refractivity (Wildman–Crippen MR) is 95.0 cm³/mol. The van der Waals surface area contributed by atoms with Gasteiger partial charge in [0.1, 0.15) is 11.4 Å². The number of aryl methyl sites for hydroxylation is 2. The highest BCUT2D eigenvalue weighted by atomic mass is 19.1. The number of carbonyl (C=O) groups excluding carboxylic acids is 1. The van der Waals surface area contributed by atoms with Gasteiger partial charge in [0.15, 0.2) is 5.82 Å². The summed E-state index contributed by atoms with van der Waals surface area (Å²) in [7, 11) is 0. The van der Waals surface area contributed by atoms with Gasteiger partial charge in [0, 0.05) is 11.9 Å². The smallest absolute Gasteiger partial charge is 0.268 e. The molecule has 8 heteroatoms. The third-order valence-electron chi connectivity index (χ3n) is 3.83. The van der Waals surface area contributed by atoms with Crippen molar-refractivity contribution in [2.75, 3.05) is 5.32 Å². The number of nitrogens with zero attached hydrogens (tertiary/aromatic N) is 4. The minimum absolute atomic E-state index is 0.00173. The van der Waals surface area contributed by atoms with Crippen LogP contribution in [-0.2, 0) is 6.54 Å². The number of aromatic nitrogens is 4. The molecular weight excluding hydrogens is 337 g/mol. The number of carbonyl (C=O) groups is 1. The molecule has 0 bridgehead atoms. The Labute approximate surface area is 149 Å². The van der Waals surface area contributed by atoms with Gasteiger partial charge in [-0.25, -0.2) is 4.39 Å². The van der Waals surface area contributed by atoms with Gasteiger partial charge < -0.3 is 5.32 Å². The van der Waals surface area contributed by atoms with Crippen LogP contribution in [0.15, 0.2) is 47.5 Å². The first-order chi connectivity index (χ1) is 12.5. The highest BCUT2D eigenvalue weighted by molar-refractivity contribution is 6.04. The highest BCUT2D eigenvalue weighted by Crippen LogP contribution is 2.11. The van der Waals surface area contributed by atoms with E-state index in [1.165, 1.54) is 39.8 Å². The molecule has 0 fully saturated rings. The Morgan fingerprint density at radius 1 is 1.23 bits per heavy atom. The van der Waals surface area contributed by atoms with Gasteiger partial charge >= 0.3 is 0 Å². The number of benzene rings is 1. The maximum absolute atomic E-state index is 13.1. The number of nitrogens with one attached hydrogen (secondary N) is 1. The molecule has 0 aliphatic rings. The Hall–Kier alpha value is -3.29. The van der Waals surface area contributed by atoms with Crippen molar-refractivity contribution in [2.24, 2.45) is 0 Å². The quantitative estimate of drug-likeness (QED) is 0.762. The largest absolute Gasteiger partial charge is 0.304 e.